The molecule has 1 unspecified atom stereocenters. The van der Waals surface area contributed by atoms with Gasteiger partial charge >= 0.3 is 0 Å². The van der Waals surface area contributed by atoms with Crippen LogP contribution in [-0.4, -0.2) is 27.0 Å². The van der Waals surface area contributed by atoms with Crippen molar-refractivity contribution in [1.82, 2.24) is 9.55 Å². The second-order valence-electron chi connectivity index (χ2n) is 3.53. The van der Waals surface area contributed by atoms with Crippen molar-refractivity contribution >= 4 is 5.78 Å². The molecular weight excluding hydrogens is 168 g/mol. The molecule has 4 nitrogen and oxygen atoms in total. The summed E-state index contributed by atoms with van der Waals surface area (Å²) in [5, 5.41) is 8.95. The first-order chi connectivity index (χ1) is 6.22. The number of hydrogen-bond acceptors (Lipinski definition) is 3. The number of ketones is 1. The van der Waals surface area contributed by atoms with E-state index in [9.17, 15) is 4.79 Å². The number of rotatable bonds is 1. The number of carbonyl (C=O) groups excluding carboxylic acids is 1. The van der Waals surface area contributed by atoms with Crippen LogP contribution < -0.4 is 0 Å². The Hall–Kier alpha value is -1.16. The summed E-state index contributed by atoms with van der Waals surface area (Å²) in [6.45, 7) is 0.0712. The number of aliphatic hydroxyl groups excluding tert-OH is 1. The molecule has 0 bridgehead atoms. The van der Waals surface area contributed by atoms with Gasteiger partial charge in [-0.15, -0.1) is 0 Å². The number of carbonyl (C=O) groups is 1. The van der Waals surface area contributed by atoms with Gasteiger partial charge in [-0.3, -0.25) is 4.79 Å². The minimum atomic E-state index is 0.0647. The third kappa shape index (κ3) is 1.27. The van der Waals surface area contributed by atoms with Crippen molar-refractivity contribution in [1.29, 1.82) is 0 Å². The SMILES string of the molecule is Cn1cnc2c1C(=O)CC(CO)C2. The molecule has 0 aromatic carbocycles. The molecule has 1 N–H and O–H groups in total. The molecule has 1 aromatic heterocycles. The Kier molecular flexibility index (Phi) is 1.92. The van der Waals surface area contributed by atoms with E-state index in [4.69, 9.17) is 5.11 Å². The number of nitrogens with zero attached hydrogens (tertiary/aromatic N) is 2. The second kappa shape index (κ2) is 2.96. The Labute approximate surface area is 76.2 Å². The van der Waals surface area contributed by atoms with E-state index in [-0.39, 0.29) is 18.3 Å². The van der Waals surface area contributed by atoms with Crippen LogP contribution in [0.2, 0.25) is 0 Å². The molecule has 0 aliphatic heterocycles. The Morgan fingerprint density at radius 1 is 1.69 bits per heavy atom. The van der Waals surface area contributed by atoms with E-state index in [1.807, 2.05) is 7.05 Å². The van der Waals surface area contributed by atoms with Gasteiger partial charge in [0.05, 0.1) is 12.0 Å². The lowest BCUT2D eigenvalue weighted by Gasteiger charge is -2.18. The first kappa shape index (κ1) is 8.44. The lowest BCUT2D eigenvalue weighted by Crippen LogP contribution is -2.24. The molecule has 0 saturated carbocycles. The smallest absolute Gasteiger partial charge is 0.181 e. The van der Waals surface area contributed by atoms with Crippen molar-refractivity contribution < 1.29 is 9.90 Å². The molecule has 1 aliphatic carbocycles. The fraction of sp³-hybridized carbons (Fsp3) is 0.556. The summed E-state index contributed by atoms with van der Waals surface area (Å²) >= 11 is 0. The average Bonchev–Trinajstić information content (AvgIpc) is 2.48. The number of aliphatic hydroxyl groups is 1. The molecule has 1 heterocycles. The normalized spacial score (nSPS) is 21.7. The van der Waals surface area contributed by atoms with Gasteiger partial charge in [0.1, 0.15) is 5.69 Å². The minimum Gasteiger partial charge on any atom is -0.396 e. The van der Waals surface area contributed by atoms with Crippen molar-refractivity contribution in [2.45, 2.75) is 12.8 Å². The number of aromatic nitrogens is 2. The lowest BCUT2D eigenvalue weighted by atomic mass is 9.89. The third-order valence-electron chi connectivity index (χ3n) is 2.49. The van der Waals surface area contributed by atoms with Crippen LogP contribution in [0.3, 0.4) is 0 Å². The largest absolute Gasteiger partial charge is 0.396 e. The fourth-order valence-electron chi connectivity index (χ4n) is 1.82. The summed E-state index contributed by atoms with van der Waals surface area (Å²) in [5.74, 6) is 0.162. The van der Waals surface area contributed by atoms with E-state index >= 15 is 0 Å². The van der Waals surface area contributed by atoms with Crippen LogP contribution >= 0.6 is 0 Å². The van der Waals surface area contributed by atoms with Gasteiger partial charge in [0.15, 0.2) is 5.78 Å². The predicted molar refractivity (Wildman–Crippen MR) is 46.4 cm³/mol. The van der Waals surface area contributed by atoms with Gasteiger partial charge in [-0.2, -0.15) is 0 Å². The fourth-order valence-corrected chi connectivity index (χ4v) is 1.82. The maximum atomic E-state index is 11.6. The molecule has 13 heavy (non-hydrogen) atoms. The molecule has 1 atom stereocenters. The van der Waals surface area contributed by atoms with E-state index in [1.165, 1.54) is 0 Å². The van der Waals surface area contributed by atoms with E-state index in [1.54, 1.807) is 10.9 Å². The lowest BCUT2D eigenvalue weighted by molar-refractivity contribution is 0.0909. The van der Waals surface area contributed by atoms with Gasteiger partial charge < -0.3 is 9.67 Å². The Morgan fingerprint density at radius 2 is 2.46 bits per heavy atom. The zero-order valence-corrected chi connectivity index (χ0v) is 7.53. The van der Waals surface area contributed by atoms with Crippen LogP contribution in [0, 0.1) is 5.92 Å². The minimum absolute atomic E-state index is 0.0647. The summed E-state index contributed by atoms with van der Waals surface area (Å²) in [6.07, 6.45) is 2.82. The first-order valence-corrected chi connectivity index (χ1v) is 4.36. The van der Waals surface area contributed by atoms with Gasteiger partial charge in [-0.05, 0) is 12.3 Å². The maximum Gasteiger partial charge on any atom is 0.181 e. The Morgan fingerprint density at radius 3 is 3.15 bits per heavy atom. The summed E-state index contributed by atoms with van der Waals surface area (Å²) in [5.41, 5.74) is 1.54. The van der Waals surface area contributed by atoms with E-state index < -0.39 is 0 Å². The summed E-state index contributed by atoms with van der Waals surface area (Å²) < 4.78 is 1.76. The summed E-state index contributed by atoms with van der Waals surface area (Å²) in [6, 6.07) is 0. The molecule has 4 heteroatoms. The van der Waals surface area contributed by atoms with Gasteiger partial charge in [0.25, 0.3) is 0 Å². The molecular formula is C9H12N2O2. The molecule has 0 saturated heterocycles. The van der Waals surface area contributed by atoms with Crippen molar-refractivity contribution in [2.24, 2.45) is 13.0 Å². The molecule has 0 amide bonds. The topological polar surface area (TPSA) is 55.1 Å². The molecule has 0 radical (unpaired) electrons. The molecule has 1 aliphatic rings. The number of hydrogen-bond donors (Lipinski definition) is 1. The molecule has 0 spiro atoms. The zero-order chi connectivity index (χ0) is 9.42. The van der Waals surface area contributed by atoms with Gasteiger partial charge in [0, 0.05) is 20.1 Å². The standard InChI is InChI=1S/C9H12N2O2/c1-11-5-10-7-2-6(4-12)3-8(13)9(7)11/h5-6,12H,2-4H2,1H3. The van der Waals surface area contributed by atoms with Crippen molar-refractivity contribution in [3.05, 3.63) is 17.7 Å². The highest BCUT2D eigenvalue weighted by Gasteiger charge is 2.27. The molecule has 2 rings (SSSR count). The van der Waals surface area contributed by atoms with Gasteiger partial charge in [0.2, 0.25) is 0 Å². The maximum absolute atomic E-state index is 11.6. The first-order valence-electron chi connectivity index (χ1n) is 4.36. The predicted octanol–water partition coefficient (Wildman–Crippen LogP) is 0.157. The molecule has 70 valence electrons. The second-order valence-corrected chi connectivity index (χ2v) is 3.53. The monoisotopic (exact) mass is 180 g/mol. The molecule has 1 aromatic rings. The van der Waals surface area contributed by atoms with Crippen LogP contribution in [-0.2, 0) is 13.5 Å². The summed E-state index contributed by atoms with van der Waals surface area (Å²) in [7, 11) is 1.82. The Balaban J connectivity index is 2.39. The van der Waals surface area contributed by atoms with Crippen molar-refractivity contribution in [2.75, 3.05) is 6.61 Å². The highest BCUT2D eigenvalue weighted by atomic mass is 16.3. The van der Waals surface area contributed by atoms with Gasteiger partial charge in [-0.1, -0.05) is 0 Å². The number of imidazole rings is 1. The van der Waals surface area contributed by atoms with Crippen molar-refractivity contribution in [3.8, 4) is 0 Å². The average molecular weight is 180 g/mol. The van der Waals surface area contributed by atoms with E-state index in [0.717, 1.165) is 12.1 Å². The van der Waals surface area contributed by atoms with Gasteiger partial charge in [-0.25, -0.2) is 4.98 Å². The zero-order valence-electron chi connectivity index (χ0n) is 7.53. The molecule has 0 fully saturated rings. The number of aryl methyl sites for hydroxylation is 1. The number of Topliss-reactive ketones (excluding diaryl/α,β-unsaturated/α-hetero) is 1. The quantitative estimate of drug-likeness (QED) is 0.669. The third-order valence-corrected chi connectivity index (χ3v) is 2.49. The van der Waals surface area contributed by atoms with Crippen LogP contribution in [0.5, 0.6) is 0 Å². The van der Waals surface area contributed by atoms with Crippen LogP contribution in [0.1, 0.15) is 22.6 Å². The highest BCUT2D eigenvalue weighted by Crippen LogP contribution is 2.23. The Bertz CT molecular complexity index is 343. The van der Waals surface area contributed by atoms with Crippen LogP contribution in [0.15, 0.2) is 6.33 Å². The van der Waals surface area contributed by atoms with Crippen LogP contribution in [0.25, 0.3) is 0 Å². The number of fused-ring (bicyclic) bond motifs is 1. The van der Waals surface area contributed by atoms with E-state index in [0.29, 0.717) is 12.1 Å². The van der Waals surface area contributed by atoms with Crippen molar-refractivity contribution in [3.63, 3.8) is 0 Å². The van der Waals surface area contributed by atoms with Crippen LogP contribution in [0.4, 0.5) is 0 Å². The highest BCUT2D eigenvalue weighted by molar-refractivity contribution is 5.96. The van der Waals surface area contributed by atoms with E-state index in [2.05, 4.69) is 4.98 Å². The summed E-state index contributed by atoms with van der Waals surface area (Å²) in [4.78, 5) is 15.7.